The van der Waals surface area contributed by atoms with Crippen molar-refractivity contribution < 1.29 is 0 Å². The molecular weight excluding hydrogens is 248 g/mol. The van der Waals surface area contributed by atoms with Gasteiger partial charge in [0.25, 0.3) is 0 Å². The smallest absolute Gasteiger partial charge is 0.151 e. The van der Waals surface area contributed by atoms with E-state index < -0.39 is 0 Å². The van der Waals surface area contributed by atoms with Crippen molar-refractivity contribution in [3.05, 3.63) is 53.7 Å². The van der Waals surface area contributed by atoms with Gasteiger partial charge in [0.15, 0.2) is 5.82 Å². The van der Waals surface area contributed by atoms with Crippen LogP contribution in [0.5, 0.6) is 0 Å². The molecule has 0 saturated heterocycles. The largest absolute Gasteiger partial charge is 0.324 e. The molecule has 0 radical (unpaired) electrons. The molecule has 1 aromatic heterocycles. The van der Waals surface area contributed by atoms with Gasteiger partial charge in [-0.2, -0.15) is 10.5 Å². The number of rotatable bonds is 4. The third kappa shape index (κ3) is 2.93. The van der Waals surface area contributed by atoms with E-state index in [-0.39, 0.29) is 0 Å². The van der Waals surface area contributed by atoms with Gasteiger partial charge in [0.1, 0.15) is 6.07 Å². The van der Waals surface area contributed by atoms with Crippen molar-refractivity contribution in [2.45, 2.75) is 13.3 Å². The van der Waals surface area contributed by atoms with E-state index in [0.29, 0.717) is 24.3 Å². The SMILES string of the molecule is Cc1ccc(C#N)c(N(CCC#N)c2ccccc2)n1. The fraction of sp³-hybridized carbons (Fsp3) is 0.188. The van der Waals surface area contributed by atoms with Gasteiger partial charge < -0.3 is 4.90 Å². The van der Waals surface area contributed by atoms with E-state index in [1.54, 1.807) is 6.07 Å². The highest BCUT2D eigenvalue weighted by atomic mass is 15.2. The van der Waals surface area contributed by atoms with E-state index in [2.05, 4.69) is 17.1 Å². The summed E-state index contributed by atoms with van der Waals surface area (Å²) in [6.07, 6.45) is 0.370. The molecule has 1 heterocycles. The molecule has 20 heavy (non-hydrogen) atoms. The van der Waals surface area contributed by atoms with E-state index in [0.717, 1.165) is 11.4 Å². The van der Waals surface area contributed by atoms with Crippen LogP contribution < -0.4 is 4.90 Å². The van der Waals surface area contributed by atoms with Crippen LogP contribution in [-0.4, -0.2) is 11.5 Å². The van der Waals surface area contributed by atoms with Crippen LogP contribution in [0.4, 0.5) is 11.5 Å². The lowest BCUT2D eigenvalue weighted by atomic mass is 10.2. The Morgan fingerprint density at radius 1 is 1.10 bits per heavy atom. The molecule has 0 spiro atoms. The summed E-state index contributed by atoms with van der Waals surface area (Å²) < 4.78 is 0. The average molecular weight is 262 g/mol. The predicted octanol–water partition coefficient (Wildman–Crippen LogP) is 3.31. The highest BCUT2D eigenvalue weighted by Gasteiger charge is 2.15. The average Bonchev–Trinajstić information content (AvgIpc) is 2.49. The Morgan fingerprint density at radius 3 is 2.50 bits per heavy atom. The number of aryl methyl sites for hydroxylation is 1. The number of para-hydroxylation sites is 1. The van der Waals surface area contributed by atoms with Crippen molar-refractivity contribution in [1.29, 1.82) is 10.5 Å². The highest BCUT2D eigenvalue weighted by Crippen LogP contribution is 2.26. The maximum atomic E-state index is 9.25. The normalized spacial score (nSPS) is 9.55. The second-order valence-electron chi connectivity index (χ2n) is 4.33. The number of benzene rings is 1. The van der Waals surface area contributed by atoms with Gasteiger partial charge in [-0.3, -0.25) is 0 Å². The van der Waals surface area contributed by atoms with E-state index >= 15 is 0 Å². The second kappa shape index (κ2) is 6.36. The predicted molar refractivity (Wildman–Crippen MR) is 77.4 cm³/mol. The number of aromatic nitrogens is 1. The van der Waals surface area contributed by atoms with E-state index in [9.17, 15) is 5.26 Å². The van der Waals surface area contributed by atoms with Crippen LogP contribution in [0.3, 0.4) is 0 Å². The Kier molecular flexibility index (Phi) is 4.32. The lowest BCUT2D eigenvalue weighted by Gasteiger charge is -2.24. The lowest BCUT2D eigenvalue weighted by Crippen LogP contribution is -2.20. The zero-order valence-electron chi connectivity index (χ0n) is 11.2. The monoisotopic (exact) mass is 262 g/mol. The molecule has 4 heteroatoms. The fourth-order valence-electron chi connectivity index (χ4n) is 1.96. The van der Waals surface area contributed by atoms with Crippen molar-refractivity contribution in [1.82, 2.24) is 4.98 Å². The van der Waals surface area contributed by atoms with Crippen LogP contribution in [0.2, 0.25) is 0 Å². The third-order valence-corrected chi connectivity index (χ3v) is 2.91. The van der Waals surface area contributed by atoms with Gasteiger partial charge in [0.2, 0.25) is 0 Å². The molecule has 0 atom stereocenters. The van der Waals surface area contributed by atoms with E-state index in [1.165, 1.54) is 0 Å². The standard InChI is InChI=1S/C16H14N4/c1-13-8-9-14(12-18)16(19-13)20(11-5-10-17)15-6-3-2-4-7-15/h2-4,6-9H,5,11H2,1H3. The van der Waals surface area contributed by atoms with Crippen molar-refractivity contribution in [2.24, 2.45) is 0 Å². The summed E-state index contributed by atoms with van der Waals surface area (Å²) in [5, 5.41) is 18.1. The van der Waals surface area contributed by atoms with Crippen LogP contribution in [0.1, 0.15) is 17.7 Å². The number of pyridine rings is 1. The molecule has 0 aliphatic heterocycles. The maximum absolute atomic E-state index is 9.25. The highest BCUT2D eigenvalue weighted by molar-refractivity contribution is 5.65. The Morgan fingerprint density at radius 2 is 1.85 bits per heavy atom. The molecule has 0 amide bonds. The molecule has 4 nitrogen and oxygen atoms in total. The van der Waals surface area contributed by atoms with E-state index in [4.69, 9.17) is 5.26 Å². The van der Waals surface area contributed by atoms with Crippen molar-refractivity contribution in [3.8, 4) is 12.1 Å². The Balaban J connectivity index is 2.50. The Bertz CT molecular complexity index is 665. The van der Waals surface area contributed by atoms with E-state index in [1.807, 2.05) is 48.2 Å². The van der Waals surface area contributed by atoms with Crippen LogP contribution in [0.25, 0.3) is 0 Å². The lowest BCUT2D eigenvalue weighted by molar-refractivity contribution is 0.918. The van der Waals surface area contributed by atoms with Gasteiger partial charge >= 0.3 is 0 Å². The van der Waals surface area contributed by atoms with Crippen molar-refractivity contribution in [2.75, 3.05) is 11.4 Å². The first-order chi connectivity index (χ1) is 9.76. The Labute approximate surface area is 118 Å². The molecule has 0 aliphatic rings. The molecule has 1 aromatic carbocycles. The fourth-order valence-corrected chi connectivity index (χ4v) is 1.96. The summed E-state index contributed by atoms with van der Waals surface area (Å²) in [5.41, 5.74) is 2.28. The summed E-state index contributed by atoms with van der Waals surface area (Å²) in [6, 6.07) is 17.6. The first kappa shape index (κ1) is 13.6. The number of nitriles is 2. The van der Waals surface area contributed by atoms with Crippen LogP contribution in [-0.2, 0) is 0 Å². The van der Waals surface area contributed by atoms with Gasteiger partial charge in [-0.15, -0.1) is 0 Å². The molecular formula is C16H14N4. The van der Waals surface area contributed by atoms with Crippen LogP contribution in [0.15, 0.2) is 42.5 Å². The molecule has 2 rings (SSSR count). The number of hydrogen-bond acceptors (Lipinski definition) is 4. The molecule has 98 valence electrons. The van der Waals surface area contributed by atoms with Gasteiger partial charge in [0.05, 0.1) is 18.1 Å². The number of hydrogen-bond donors (Lipinski definition) is 0. The zero-order chi connectivity index (χ0) is 14.4. The molecule has 0 saturated carbocycles. The topological polar surface area (TPSA) is 63.7 Å². The summed E-state index contributed by atoms with van der Waals surface area (Å²) in [5.74, 6) is 0.606. The van der Waals surface area contributed by atoms with Gasteiger partial charge in [-0.25, -0.2) is 4.98 Å². The number of anilines is 2. The molecule has 0 fully saturated rings. The zero-order valence-corrected chi connectivity index (χ0v) is 11.2. The molecule has 0 aliphatic carbocycles. The summed E-state index contributed by atoms with van der Waals surface area (Å²) >= 11 is 0. The third-order valence-electron chi connectivity index (χ3n) is 2.91. The first-order valence-electron chi connectivity index (χ1n) is 6.33. The van der Waals surface area contributed by atoms with Crippen molar-refractivity contribution >= 4 is 11.5 Å². The minimum absolute atomic E-state index is 0.370. The molecule has 0 N–H and O–H groups in total. The molecule has 0 unspecified atom stereocenters. The van der Waals surface area contributed by atoms with Crippen LogP contribution >= 0.6 is 0 Å². The van der Waals surface area contributed by atoms with Crippen molar-refractivity contribution in [3.63, 3.8) is 0 Å². The van der Waals surface area contributed by atoms with Gasteiger partial charge in [-0.1, -0.05) is 18.2 Å². The Hall–Kier alpha value is -2.85. The quantitative estimate of drug-likeness (QED) is 0.847. The first-order valence-corrected chi connectivity index (χ1v) is 6.33. The van der Waals surface area contributed by atoms with Gasteiger partial charge in [0, 0.05) is 17.9 Å². The summed E-state index contributed by atoms with van der Waals surface area (Å²) in [7, 11) is 0. The minimum atomic E-state index is 0.370. The van der Waals surface area contributed by atoms with Crippen LogP contribution in [0, 0.1) is 29.6 Å². The minimum Gasteiger partial charge on any atom is -0.324 e. The summed E-state index contributed by atoms with van der Waals surface area (Å²) in [4.78, 5) is 6.38. The molecule has 0 bridgehead atoms. The molecule has 2 aromatic rings. The maximum Gasteiger partial charge on any atom is 0.151 e. The van der Waals surface area contributed by atoms with Gasteiger partial charge in [-0.05, 0) is 31.2 Å². The second-order valence-corrected chi connectivity index (χ2v) is 4.33. The number of nitrogens with zero attached hydrogens (tertiary/aromatic N) is 4. The summed E-state index contributed by atoms with van der Waals surface area (Å²) in [6.45, 7) is 2.39.